The number of aldehydes is 2. The van der Waals surface area contributed by atoms with Gasteiger partial charge in [-0.15, -0.1) is 0 Å². The number of rotatable bonds is 5. The maximum Gasteiger partial charge on any atom is 0.265 e. The predicted molar refractivity (Wildman–Crippen MR) is 63.3 cm³/mol. The van der Waals surface area contributed by atoms with Gasteiger partial charge >= 0.3 is 0 Å². The first-order valence-corrected chi connectivity index (χ1v) is 5.13. The van der Waals surface area contributed by atoms with Gasteiger partial charge in [-0.1, -0.05) is 6.07 Å². The maximum atomic E-state index is 10.8. The summed E-state index contributed by atoms with van der Waals surface area (Å²) < 4.78 is 10.2. The Morgan fingerprint density at radius 1 is 1.39 bits per heavy atom. The molecule has 92 valence electrons. The highest BCUT2D eigenvalue weighted by Gasteiger charge is 2.15. The summed E-state index contributed by atoms with van der Waals surface area (Å²) in [6.45, 7) is -0.191. The van der Waals surface area contributed by atoms with E-state index in [4.69, 9.17) is 14.9 Å². The Morgan fingerprint density at radius 3 is 2.89 bits per heavy atom. The molecule has 6 heteroatoms. The van der Waals surface area contributed by atoms with Crippen LogP contribution in [0.2, 0.25) is 0 Å². The minimum Gasteiger partial charge on any atom is -0.467 e. The zero-order chi connectivity index (χ0) is 13.0. The van der Waals surface area contributed by atoms with Gasteiger partial charge in [-0.25, -0.2) is 0 Å². The molecule has 0 unspecified atom stereocenters. The monoisotopic (exact) mass is 246 g/mol. The summed E-state index contributed by atoms with van der Waals surface area (Å²) in [6, 6.07) is 6.85. The molecular formula is C12H10N2O4. The highest BCUT2D eigenvalue weighted by atomic mass is 16.5. The number of oxazole rings is 1. The summed E-state index contributed by atoms with van der Waals surface area (Å²) in [5.41, 5.74) is 6.81. The number of aromatic nitrogens is 1. The number of nitrogens with zero attached hydrogens (tertiary/aromatic N) is 1. The molecule has 0 aliphatic rings. The Kier molecular flexibility index (Phi) is 3.38. The molecule has 2 aromatic rings. The van der Waals surface area contributed by atoms with E-state index >= 15 is 0 Å². The van der Waals surface area contributed by atoms with Crippen LogP contribution in [0.1, 0.15) is 10.6 Å². The molecule has 0 aliphatic carbocycles. The molecular weight excluding hydrogens is 236 g/mol. The largest absolute Gasteiger partial charge is 0.467 e. The van der Waals surface area contributed by atoms with Crippen molar-refractivity contribution >= 4 is 18.3 Å². The highest BCUT2D eigenvalue weighted by molar-refractivity contribution is 5.75. The number of nitrogens with two attached hydrogens (primary N) is 1. The summed E-state index contributed by atoms with van der Waals surface area (Å²) in [5.74, 6) is 0.147. The van der Waals surface area contributed by atoms with E-state index < -0.39 is 0 Å². The van der Waals surface area contributed by atoms with E-state index in [9.17, 15) is 9.59 Å². The molecule has 0 radical (unpaired) electrons. The van der Waals surface area contributed by atoms with Gasteiger partial charge in [-0.05, 0) is 18.2 Å². The van der Waals surface area contributed by atoms with Crippen molar-refractivity contribution in [1.29, 1.82) is 0 Å². The van der Waals surface area contributed by atoms with Gasteiger partial charge in [0.15, 0.2) is 12.6 Å². The zero-order valence-electron chi connectivity index (χ0n) is 9.33. The van der Waals surface area contributed by atoms with Crippen LogP contribution in [0.4, 0.5) is 5.69 Å². The molecule has 0 bridgehead atoms. The van der Waals surface area contributed by atoms with E-state index in [0.29, 0.717) is 23.8 Å². The molecule has 0 saturated carbocycles. The van der Waals surface area contributed by atoms with E-state index in [1.165, 1.54) is 0 Å². The minimum atomic E-state index is -0.191. The second-order valence-corrected chi connectivity index (χ2v) is 3.41. The fourth-order valence-electron chi connectivity index (χ4n) is 1.40. The Balaban J connectivity index is 2.37. The van der Waals surface area contributed by atoms with Crippen molar-refractivity contribution in [2.24, 2.45) is 0 Å². The summed E-state index contributed by atoms with van der Waals surface area (Å²) in [4.78, 5) is 25.0. The van der Waals surface area contributed by atoms with Crippen LogP contribution in [0, 0.1) is 0 Å². The molecule has 18 heavy (non-hydrogen) atoms. The number of hydrogen-bond donors (Lipinski definition) is 1. The molecule has 2 N–H and O–H groups in total. The van der Waals surface area contributed by atoms with Gasteiger partial charge < -0.3 is 14.9 Å². The maximum absolute atomic E-state index is 10.8. The Labute approximate surface area is 102 Å². The SMILES string of the molecule is Nc1cccc(-c2nc(OCC=O)c(C=O)o2)c1. The molecule has 0 spiro atoms. The third-order valence-electron chi connectivity index (χ3n) is 2.15. The predicted octanol–water partition coefficient (Wildman–Crippen LogP) is 1.31. The van der Waals surface area contributed by atoms with E-state index in [1.54, 1.807) is 24.3 Å². The zero-order valence-corrected chi connectivity index (χ0v) is 9.33. The topological polar surface area (TPSA) is 95.4 Å². The molecule has 2 rings (SSSR count). The van der Waals surface area contributed by atoms with Gasteiger partial charge in [-0.2, -0.15) is 4.98 Å². The first kappa shape index (κ1) is 11.8. The van der Waals surface area contributed by atoms with Crippen molar-refractivity contribution in [1.82, 2.24) is 4.98 Å². The van der Waals surface area contributed by atoms with Crippen LogP contribution < -0.4 is 10.5 Å². The fraction of sp³-hybridized carbons (Fsp3) is 0.0833. The van der Waals surface area contributed by atoms with Gasteiger partial charge in [0, 0.05) is 11.3 Å². The molecule has 6 nitrogen and oxygen atoms in total. The number of hydrogen-bond acceptors (Lipinski definition) is 6. The average molecular weight is 246 g/mol. The van der Waals surface area contributed by atoms with Crippen LogP contribution in [-0.2, 0) is 4.79 Å². The Bertz CT molecular complexity index is 577. The smallest absolute Gasteiger partial charge is 0.265 e. The number of nitrogen functional groups attached to an aromatic ring is 1. The van der Waals surface area contributed by atoms with Crippen LogP contribution in [0.25, 0.3) is 11.5 Å². The van der Waals surface area contributed by atoms with E-state index in [2.05, 4.69) is 4.98 Å². The molecule has 0 saturated heterocycles. The molecule has 1 heterocycles. The molecule has 0 amide bonds. The number of ether oxygens (including phenoxy) is 1. The number of carbonyl (C=O) groups excluding carboxylic acids is 2. The third-order valence-corrected chi connectivity index (χ3v) is 2.15. The molecule has 0 atom stereocenters. The van der Waals surface area contributed by atoms with Gasteiger partial charge in [0.1, 0.15) is 6.61 Å². The second kappa shape index (κ2) is 5.13. The van der Waals surface area contributed by atoms with Gasteiger partial charge in [0.05, 0.1) is 0 Å². The van der Waals surface area contributed by atoms with Crippen molar-refractivity contribution in [2.75, 3.05) is 12.3 Å². The van der Waals surface area contributed by atoms with Crippen LogP contribution in [-0.4, -0.2) is 24.2 Å². The lowest BCUT2D eigenvalue weighted by molar-refractivity contribution is -0.109. The van der Waals surface area contributed by atoms with Crippen LogP contribution in [0.3, 0.4) is 0 Å². The van der Waals surface area contributed by atoms with Gasteiger partial charge in [0.25, 0.3) is 5.88 Å². The number of benzene rings is 1. The van der Waals surface area contributed by atoms with Crippen LogP contribution >= 0.6 is 0 Å². The normalized spacial score (nSPS) is 10.0. The van der Waals surface area contributed by atoms with E-state index in [1.807, 2.05) is 0 Å². The quantitative estimate of drug-likeness (QED) is 0.631. The van der Waals surface area contributed by atoms with E-state index in [-0.39, 0.29) is 24.1 Å². The Morgan fingerprint density at radius 2 is 2.22 bits per heavy atom. The minimum absolute atomic E-state index is 0.00507. The first-order valence-electron chi connectivity index (χ1n) is 5.13. The molecule has 1 aromatic carbocycles. The van der Waals surface area contributed by atoms with Crippen molar-refractivity contribution in [2.45, 2.75) is 0 Å². The highest BCUT2D eigenvalue weighted by Crippen LogP contribution is 2.26. The summed E-state index contributed by atoms with van der Waals surface area (Å²) in [7, 11) is 0. The molecule has 0 aliphatic heterocycles. The number of anilines is 1. The molecule has 0 fully saturated rings. The first-order chi connectivity index (χ1) is 8.74. The second-order valence-electron chi connectivity index (χ2n) is 3.41. The fourth-order valence-corrected chi connectivity index (χ4v) is 1.40. The summed E-state index contributed by atoms with van der Waals surface area (Å²) in [5, 5.41) is 0. The van der Waals surface area contributed by atoms with E-state index in [0.717, 1.165) is 0 Å². The summed E-state index contributed by atoms with van der Waals surface area (Å²) >= 11 is 0. The van der Waals surface area contributed by atoms with Crippen molar-refractivity contribution < 1.29 is 18.7 Å². The Hall–Kier alpha value is -2.63. The standard InChI is InChI=1S/C12H10N2O4/c13-9-3-1-2-8(6-9)11-14-12(17-5-4-15)10(7-16)18-11/h1-4,6-7H,5,13H2. The van der Waals surface area contributed by atoms with Gasteiger partial charge in [-0.3, -0.25) is 9.59 Å². The lowest BCUT2D eigenvalue weighted by atomic mass is 10.2. The summed E-state index contributed by atoms with van der Waals surface area (Å²) in [6.07, 6.45) is 1.03. The average Bonchev–Trinajstić information content (AvgIpc) is 2.79. The lowest BCUT2D eigenvalue weighted by Crippen LogP contribution is -1.99. The van der Waals surface area contributed by atoms with Crippen molar-refractivity contribution in [3.8, 4) is 17.3 Å². The van der Waals surface area contributed by atoms with Gasteiger partial charge in [0.2, 0.25) is 11.7 Å². The lowest BCUT2D eigenvalue weighted by Gasteiger charge is -1.96. The number of carbonyl (C=O) groups is 2. The van der Waals surface area contributed by atoms with Crippen molar-refractivity contribution in [3.05, 3.63) is 30.0 Å². The van der Waals surface area contributed by atoms with Crippen LogP contribution in [0.5, 0.6) is 5.88 Å². The van der Waals surface area contributed by atoms with Crippen molar-refractivity contribution in [3.63, 3.8) is 0 Å². The van der Waals surface area contributed by atoms with Crippen LogP contribution in [0.15, 0.2) is 28.7 Å². The molecule has 1 aromatic heterocycles. The third kappa shape index (κ3) is 2.37.